The Morgan fingerprint density at radius 1 is 0.958 bits per heavy atom. The lowest BCUT2D eigenvalue weighted by molar-refractivity contribution is -0.144. The maximum absolute atomic E-state index is 12.2. The minimum absolute atomic E-state index is 0.120. The van der Waals surface area contributed by atoms with Gasteiger partial charge in [0.25, 0.3) is 5.91 Å². The van der Waals surface area contributed by atoms with Crippen LogP contribution in [0.25, 0.3) is 0 Å². The Kier molecular flexibility index (Phi) is 5.84. The van der Waals surface area contributed by atoms with Crippen molar-refractivity contribution in [1.82, 2.24) is 5.32 Å². The van der Waals surface area contributed by atoms with Crippen molar-refractivity contribution in [2.24, 2.45) is 0 Å². The lowest BCUT2D eigenvalue weighted by atomic mass is 9.96. The zero-order chi connectivity index (χ0) is 17.5. The Labute approximate surface area is 140 Å². The van der Waals surface area contributed by atoms with Crippen LogP contribution in [0.4, 0.5) is 0 Å². The number of aliphatic carboxylic acids is 1. The molecule has 0 aliphatic heterocycles. The van der Waals surface area contributed by atoms with Crippen LogP contribution < -0.4 is 5.32 Å². The lowest BCUT2D eigenvalue weighted by Gasteiger charge is -2.16. The van der Waals surface area contributed by atoms with Crippen LogP contribution in [0.15, 0.2) is 60.7 Å². The Morgan fingerprint density at radius 3 is 2.04 bits per heavy atom. The predicted octanol–water partition coefficient (Wildman–Crippen LogP) is 2.17. The highest BCUT2D eigenvalue weighted by atomic mass is 16.4. The lowest BCUT2D eigenvalue weighted by Crippen LogP contribution is -2.46. The van der Waals surface area contributed by atoms with Crippen LogP contribution in [-0.4, -0.2) is 28.8 Å². The molecule has 124 valence electrons. The average molecular weight is 325 g/mol. The van der Waals surface area contributed by atoms with Crippen LogP contribution in [-0.2, 0) is 20.8 Å². The van der Waals surface area contributed by atoms with Crippen LogP contribution in [0.2, 0.25) is 0 Å². The number of carboxylic acid groups (broad SMARTS) is 1. The number of nitrogens with one attached hydrogen (secondary N) is 1. The van der Waals surface area contributed by atoms with Crippen molar-refractivity contribution in [3.05, 3.63) is 71.8 Å². The molecule has 0 aliphatic rings. The summed E-state index contributed by atoms with van der Waals surface area (Å²) in [7, 11) is 0. The highest BCUT2D eigenvalue weighted by molar-refractivity contribution is 6.38. The van der Waals surface area contributed by atoms with E-state index in [0.717, 1.165) is 5.56 Å². The van der Waals surface area contributed by atoms with Crippen molar-refractivity contribution in [2.75, 3.05) is 0 Å². The summed E-state index contributed by atoms with van der Waals surface area (Å²) in [6.45, 7) is 1.63. The van der Waals surface area contributed by atoms with Crippen LogP contribution in [0, 0.1) is 0 Å². The summed E-state index contributed by atoms with van der Waals surface area (Å²) in [5.74, 6) is -3.33. The van der Waals surface area contributed by atoms with E-state index >= 15 is 0 Å². The number of ketones is 1. The number of hydrogen-bond acceptors (Lipinski definition) is 3. The molecule has 0 saturated carbocycles. The second-order valence-corrected chi connectivity index (χ2v) is 5.55. The van der Waals surface area contributed by atoms with E-state index in [2.05, 4.69) is 5.32 Å². The Hall–Kier alpha value is -2.95. The molecule has 5 nitrogen and oxygen atoms in total. The Balaban J connectivity index is 2.05. The van der Waals surface area contributed by atoms with Crippen LogP contribution in [0.5, 0.6) is 0 Å². The molecule has 2 aromatic rings. The molecule has 0 bridgehead atoms. The van der Waals surface area contributed by atoms with Crippen molar-refractivity contribution in [1.29, 1.82) is 0 Å². The van der Waals surface area contributed by atoms with Gasteiger partial charge in [-0.1, -0.05) is 67.6 Å². The molecular weight excluding hydrogens is 306 g/mol. The fourth-order valence-corrected chi connectivity index (χ4v) is 2.37. The Morgan fingerprint density at radius 2 is 1.50 bits per heavy atom. The van der Waals surface area contributed by atoms with E-state index in [0.29, 0.717) is 5.56 Å². The monoisotopic (exact) mass is 325 g/mol. The molecular formula is C19H19NO4. The van der Waals surface area contributed by atoms with Crippen molar-refractivity contribution < 1.29 is 19.5 Å². The van der Waals surface area contributed by atoms with Crippen LogP contribution >= 0.6 is 0 Å². The fourth-order valence-electron chi connectivity index (χ4n) is 2.37. The number of Topliss-reactive ketones (excluding diaryl/α,β-unsaturated/α-hetero) is 1. The molecule has 0 aliphatic carbocycles. The van der Waals surface area contributed by atoms with Gasteiger partial charge in [-0.3, -0.25) is 9.59 Å². The van der Waals surface area contributed by atoms with Crippen LogP contribution in [0.3, 0.4) is 0 Å². The zero-order valence-corrected chi connectivity index (χ0v) is 13.3. The molecule has 2 atom stereocenters. The van der Waals surface area contributed by atoms with Gasteiger partial charge in [-0.2, -0.15) is 0 Å². The van der Waals surface area contributed by atoms with Crippen LogP contribution in [0.1, 0.15) is 24.0 Å². The fraction of sp³-hybridized carbons (Fsp3) is 0.211. The van der Waals surface area contributed by atoms with Gasteiger partial charge in [-0.05, 0) is 11.1 Å². The first kappa shape index (κ1) is 17.4. The third kappa shape index (κ3) is 4.52. The number of rotatable bonds is 7. The molecule has 2 aromatic carbocycles. The number of amides is 1. The van der Waals surface area contributed by atoms with Gasteiger partial charge in [0.1, 0.15) is 6.04 Å². The Bertz CT molecular complexity index is 713. The van der Waals surface area contributed by atoms with E-state index in [-0.39, 0.29) is 6.42 Å². The van der Waals surface area contributed by atoms with Gasteiger partial charge >= 0.3 is 5.97 Å². The first-order valence-corrected chi connectivity index (χ1v) is 7.65. The quantitative estimate of drug-likeness (QED) is 0.764. The molecule has 0 aromatic heterocycles. The molecule has 1 amide bonds. The molecule has 2 N–H and O–H groups in total. The topological polar surface area (TPSA) is 83.5 Å². The van der Waals surface area contributed by atoms with E-state index < -0.39 is 29.6 Å². The molecule has 0 heterocycles. The summed E-state index contributed by atoms with van der Waals surface area (Å²) < 4.78 is 0. The van der Waals surface area contributed by atoms with E-state index in [1.807, 2.05) is 12.1 Å². The summed E-state index contributed by atoms with van der Waals surface area (Å²) in [6, 6.07) is 16.7. The van der Waals surface area contributed by atoms with Crippen molar-refractivity contribution in [3.8, 4) is 0 Å². The predicted molar refractivity (Wildman–Crippen MR) is 89.6 cm³/mol. The van der Waals surface area contributed by atoms with E-state index in [9.17, 15) is 19.5 Å². The molecule has 0 spiro atoms. The third-order valence-electron chi connectivity index (χ3n) is 3.80. The van der Waals surface area contributed by atoms with Gasteiger partial charge in [0.15, 0.2) is 0 Å². The first-order valence-electron chi connectivity index (χ1n) is 7.65. The van der Waals surface area contributed by atoms with Gasteiger partial charge in [0, 0.05) is 12.3 Å². The molecule has 0 saturated heterocycles. The molecule has 0 fully saturated rings. The smallest absolute Gasteiger partial charge is 0.326 e. The highest BCUT2D eigenvalue weighted by Gasteiger charge is 2.27. The number of carbonyl (C=O) groups is 3. The first-order chi connectivity index (χ1) is 11.5. The maximum atomic E-state index is 12.2. The second kappa shape index (κ2) is 8.06. The summed E-state index contributed by atoms with van der Waals surface area (Å²) in [5.41, 5.74) is 1.49. The average Bonchev–Trinajstić information content (AvgIpc) is 2.61. The van der Waals surface area contributed by atoms with Gasteiger partial charge in [0.05, 0.1) is 0 Å². The molecule has 24 heavy (non-hydrogen) atoms. The second-order valence-electron chi connectivity index (χ2n) is 5.55. The van der Waals surface area contributed by atoms with Crippen molar-refractivity contribution >= 4 is 17.7 Å². The van der Waals surface area contributed by atoms with Crippen molar-refractivity contribution in [2.45, 2.75) is 25.3 Å². The van der Waals surface area contributed by atoms with Gasteiger partial charge < -0.3 is 10.4 Å². The highest BCUT2D eigenvalue weighted by Crippen LogP contribution is 2.15. The number of benzene rings is 2. The summed E-state index contributed by atoms with van der Waals surface area (Å²) in [6.07, 6.45) is 0.120. The van der Waals surface area contributed by atoms with Gasteiger partial charge in [-0.15, -0.1) is 0 Å². The molecule has 2 unspecified atom stereocenters. The summed E-state index contributed by atoms with van der Waals surface area (Å²) in [5, 5.41) is 11.6. The molecule has 0 radical (unpaired) electrons. The maximum Gasteiger partial charge on any atom is 0.326 e. The third-order valence-corrected chi connectivity index (χ3v) is 3.80. The van der Waals surface area contributed by atoms with E-state index in [1.54, 1.807) is 55.5 Å². The number of carbonyl (C=O) groups excluding carboxylic acids is 2. The number of hydrogen-bond donors (Lipinski definition) is 2. The van der Waals surface area contributed by atoms with E-state index in [4.69, 9.17) is 0 Å². The number of carboxylic acids is 1. The summed E-state index contributed by atoms with van der Waals surface area (Å²) >= 11 is 0. The SMILES string of the molecule is CC(C(=O)C(=O)NC(Cc1ccccc1)C(=O)O)c1ccccc1. The van der Waals surface area contributed by atoms with E-state index in [1.165, 1.54) is 0 Å². The molecule has 2 rings (SSSR count). The molecule has 5 heteroatoms. The largest absolute Gasteiger partial charge is 0.480 e. The van der Waals surface area contributed by atoms with Crippen molar-refractivity contribution in [3.63, 3.8) is 0 Å². The standard InChI is InChI=1S/C19H19NO4/c1-13(15-10-6-3-7-11-15)17(21)18(22)20-16(19(23)24)12-14-8-4-2-5-9-14/h2-11,13,16H,12H2,1H3,(H,20,22)(H,23,24). The van der Waals surface area contributed by atoms with Gasteiger partial charge in [-0.25, -0.2) is 4.79 Å². The zero-order valence-electron chi connectivity index (χ0n) is 13.3. The normalized spacial score (nSPS) is 12.9. The summed E-state index contributed by atoms with van der Waals surface area (Å²) in [4.78, 5) is 35.8. The minimum atomic E-state index is -1.17. The minimum Gasteiger partial charge on any atom is -0.480 e. The van der Waals surface area contributed by atoms with Gasteiger partial charge in [0.2, 0.25) is 5.78 Å².